The van der Waals surface area contributed by atoms with Crippen molar-refractivity contribution >= 4 is 28.7 Å². The van der Waals surface area contributed by atoms with E-state index in [2.05, 4.69) is 10.3 Å². The second-order valence-corrected chi connectivity index (χ2v) is 6.60. The maximum Gasteiger partial charge on any atom is 0.328 e. The fraction of sp³-hybridized carbons (Fsp3) is 0.111. The number of hydrogen-bond donors (Lipinski definition) is 2. The smallest absolute Gasteiger partial charge is 0.322 e. The van der Waals surface area contributed by atoms with Gasteiger partial charge in [0.2, 0.25) is 0 Å². The molecule has 0 unspecified atom stereocenters. The van der Waals surface area contributed by atoms with Crippen molar-refractivity contribution < 1.29 is 9.59 Å². The van der Waals surface area contributed by atoms with Crippen LogP contribution in [-0.2, 0) is 6.54 Å². The van der Waals surface area contributed by atoms with Crippen LogP contribution >= 0.6 is 11.3 Å². The first kappa shape index (κ1) is 17.6. The van der Waals surface area contributed by atoms with Crippen molar-refractivity contribution in [1.82, 2.24) is 9.55 Å². The molecule has 0 aliphatic carbocycles. The van der Waals surface area contributed by atoms with Gasteiger partial charge in [-0.2, -0.15) is 0 Å². The highest BCUT2D eigenvalue weighted by Crippen LogP contribution is 2.11. The van der Waals surface area contributed by atoms with Crippen LogP contribution in [0.25, 0.3) is 0 Å². The van der Waals surface area contributed by atoms with E-state index in [9.17, 15) is 19.2 Å². The van der Waals surface area contributed by atoms with Gasteiger partial charge in [-0.05, 0) is 42.6 Å². The first-order valence-corrected chi connectivity index (χ1v) is 8.61. The molecule has 0 atom stereocenters. The zero-order valence-corrected chi connectivity index (χ0v) is 14.6. The Balaban J connectivity index is 1.86. The number of nitrogens with one attached hydrogen (secondary N) is 2. The molecule has 2 aromatic heterocycles. The van der Waals surface area contributed by atoms with Gasteiger partial charge in [-0.15, -0.1) is 11.3 Å². The van der Waals surface area contributed by atoms with Crippen LogP contribution < -0.4 is 16.6 Å². The Bertz CT molecular complexity index is 1060. The number of anilines is 1. The number of carbonyl (C=O) groups excluding carboxylic acids is 2. The Kier molecular flexibility index (Phi) is 4.94. The van der Waals surface area contributed by atoms with E-state index >= 15 is 0 Å². The van der Waals surface area contributed by atoms with Crippen LogP contribution in [0.2, 0.25) is 0 Å². The number of carbonyl (C=O) groups is 2. The number of rotatable bonds is 5. The van der Waals surface area contributed by atoms with Crippen molar-refractivity contribution in [1.29, 1.82) is 0 Å². The SMILES string of the molecule is CC(=O)c1ccc(NC(=O)c2c[nH]c(=O)n(Cc3cccs3)c2=O)cc1. The topological polar surface area (TPSA) is 101 Å². The lowest BCUT2D eigenvalue weighted by molar-refractivity contribution is 0.101. The van der Waals surface area contributed by atoms with E-state index in [0.717, 1.165) is 15.6 Å². The Hall–Kier alpha value is -3.26. The molecule has 26 heavy (non-hydrogen) atoms. The molecule has 3 aromatic rings. The summed E-state index contributed by atoms with van der Waals surface area (Å²) < 4.78 is 0.986. The summed E-state index contributed by atoms with van der Waals surface area (Å²) >= 11 is 1.42. The zero-order chi connectivity index (χ0) is 18.7. The van der Waals surface area contributed by atoms with Gasteiger partial charge in [-0.3, -0.25) is 19.0 Å². The van der Waals surface area contributed by atoms with Gasteiger partial charge in [0.1, 0.15) is 5.56 Å². The molecule has 0 spiro atoms. The number of Topliss-reactive ketones (excluding diaryl/α,β-unsaturated/α-hetero) is 1. The quantitative estimate of drug-likeness (QED) is 0.673. The van der Waals surface area contributed by atoms with Gasteiger partial charge in [-0.1, -0.05) is 6.07 Å². The summed E-state index contributed by atoms with van der Waals surface area (Å²) in [5.41, 5.74) is -0.455. The molecule has 0 bridgehead atoms. The molecule has 0 radical (unpaired) electrons. The fourth-order valence-electron chi connectivity index (χ4n) is 2.36. The molecule has 1 amide bonds. The van der Waals surface area contributed by atoms with E-state index in [1.165, 1.54) is 18.3 Å². The van der Waals surface area contributed by atoms with Crippen molar-refractivity contribution in [3.8, 4) is 0 Å². The maximum absolute atomic E-state index is 12.5. The molecule has 0 saturated carbocycles. The third-order valence-corrected chi connectivity index (χ3v) is 4.61. The zero-order valence-electron chi connectivity index (χ0n) is 13.8. The lowest BCUT2D eigenvalue weighted by Crippen LogP contribution is -2.39. The predicted octanol–water partition coefficient (Wildman–Crippen LogP) is 2.10. The Morgan fingerprint density at radius 1 is 1.15 bits per heavy atom. The largest absolute Gasteiger partial charge is 0.328 e. The molecule has 7 nitrogen and oxygen atoms in total. The number of benzene rings is 1. The first-order chi connectivity index (χ1) is 12.5. The molecule has 2 heterocycles. The Morgan fingerprint density at radius 2 is 1.88 bits per heavy atom. The molecule has 2 N–H and O–H groups in total. The van der Waals surface area contributed by atoms with Crippen molar-refractivity contribution in [2.45, 2.75) is 13.5 Å². The number of amides is 1. The van der Waals surface area contributed by atoms with E-state index in [1.54, 1.807) is 30.3 Å². The van der Waals surface area contributed by atoms with Gasteiger partial charge in [0.15, 0.2) is 5.78 Å². The molecule has 8 heteroatoms. The third-order valence-electron chi connectivity index (χ3n) is 3.75. The summed E-state index contributed by atoms with van der Waals surface area (Å²) in [6.07, 6.45) is 1.11. The van der Waals surface area contributed by atoms with Crippen LogP contribution in [0.4, 0.5) is 5.69 Å². The Labute approximate surface area is 151 Å². The highest BCUT2D eigenvalue weighted by molar-refractivity contribution is 7.09. The number of aromatic amines is 1. The summed E-state index contributed by atoms with van der Waals surface area (Å²) in [5.74, 6) is -0.721. The Morgan fingerprint density at radius 3 is 2.50 bits per heavy atom. The van der Waals surface area contributed by atoms with Crippen molar-refractivity contribution in [3.05, 3.63) is 84.8 Å². The lowest BCUT2D eigenvalue weighted by Gasteiger charge is -2.08. The fourth-order valence-corrected chi connectivity index (χ4v) is 3.06. The number of ketones is 1. The van der Waals surface area contributed by atoms with Crippen LogP contribution in [0, 0.1) is 0 Å². The molecule has 3 rings (SSSR count). The monoisotopic (exact) mass is 369 g/mol. The second-order valence-electron chi connectivity index (χ2n) is 5.57. The molecule has 0 saturated heterocycles. The molecule has 0 aliphatic heterocycles. The summed E-state index contributed by atoms with van der Waals surface area (Å²) in [5, 5.41) is 4.43. The summed E-state index contributed by atoms with van der Waals surface area (Å²) in [6.45, 7) is 1.55. The van der Waals surface area contributed by atoms with Gasteiger partial charge in [0, 0.05) is 22.3 Å². The predicted molar refractivity (Wildman–Crippen MR) is 99.1 cm³/mol. The molecule has 0 fully saturated rings. The van der Waals surface area contributed by atoms with Gasteiger partial charge >= 0.3 is 5.69 Å². The number of nitrogens with zero attached hydrogens (tertiary/aromatic N) is 1. The minimum atomic E-state index is -0.667. The van der Waals surface area contributed by atoms with Gasteiger partial charge in [0.25, 0.3) is 11.5 Å². The summed E-state index contributed by atoms with van der Waals surface area (Å²) in [6, 6.07) is 9.94. The van der Waals surface area contributed by atoms with Gasteiger partial charge < -0.3 is 10.3 Å². The van der Waals surface area contributed by atoms with Crippen LogP contribution in [-0.4, -0.2) is 21.2 Å². The minimum Gasteiger partial charge on any atom is -0.322 e. The molecular formula is C18H15N3O4S. The molecule has 1 aromatic carbocycles. The average Bonchev–Trinajstić information content (AvgIpc) is 3.12. The first-order valence-electron chi connectivity index (χ1n) is 7.73. The van der Waals surface area contributed by atoms with E-state index in [1.807, 2.05) is 11.4 Å². The highest BCUT2D eigenvalue weighted by Gasteiger charge is 2.15. The van der Waals surface area contributed by atoms with E-state index < -0.39 is 17.2 Å². The van der Waals surface area contributed by atoms with Crippen LogP contribution in [0.5, 0.6) is 0 Å². The number of thiophene rings is 1. The molecule has 132 valence electrons. The normalized spacial score (nSPS) is 10.5. The minimum absolute atomic E-state index is 0.0834. The lowest BCUT2D eigenvalue weighted by atomic mass is 10.1. The van der Waals surface area contributed by atoms with Crippen molar-refractivity contribution in [2.24, 2.45) is 0 Å². The summed E-state index contributed by atoms with van der Waals surface area (Å²) in [4.78, 5) is 51.4. The highest BCUT2D eigenvalue weighted by atomic mass is 32.1. The number of hydrogen-bond acceptors (Lipinski definition) is 5. The molecule has 0 aliphatic rings. The van der Waals surface area contributed by atoms with Crippen LogP contribution in [0.1, 0.15) is 32.5 Å². The molecular weight excluding hydrogens is 354 g/mol. The van der Waals surface area contributed by atoms with Crippen molar-refractivity contribution in [2.75, 3.05) is 5.32 Å². The van der Waals surface area contributed by atoms with E-state index in [-0.39, 0.29) is 17.9 Å². The standard InChI is InChI=1S/C18H15N3O4S/c1-11(22)12-4-6-13(7-5-12)20-16(23)15-9-19-18(25)21(17(15)24)10-14-3-2-8-26-14/h2-9H,10H2,1H3,(H,19,25)(H,20,23). The third kappa shape index (κ3) is 3.70. The van der Waals surface area contributed by atoms with Crippen LogP contribution in [0.15, 0.2) is 57.6 Å². The second kappa shape index (κ2) is 7.32. The number of aromatic nitrogens is 2. The maximum atomic E-state index is 12.5. The van der Waals surface area contributed by atoms with E-state index in [0.29, 0.717) is 11.3 Å². The number of H-pyrrole nitrogens is 1. The van der Waals surface area contributed by atoms with Gasteiger partial charge in [-0.25, -0.2) is 4.79 Å². The van der Waals surface area contributed by atoms with Crippen molar-refractivity contribution in [3.63, 3.8) is 0 Å². The van der Waals surface area contributed by atoms with Crippen LogP contribution in [0.3, 0.4) is 0 Å². The summed E-state index contributed by atoms with van der Waals surface area (Å²) in [7, 11) is 0. The average molecular weight is 369 g/mol. The van der Waals surface area contributed by atoms with E-state index in [4.69, 9.17) is 0 Å². The van der Waals surface area contributed by atoms with Gasteiger partial charge in [0.05, 0.1) is 6.54 Å².